The first-order valence-electron chi connectivity index (χ1n) is 6.15. The van der Waals surface area contributed by atoms with Crippen LogP contribution >= 0.6 is 11.6 Å². The molecule has 0 spiro atoms. The van der Waals surface area contributed by atoms with E-state index in [2.05, 4.69) is 0 Å². The van der Waals surface area contributed by atoms with Crippen LogP contribution in [0.2, 0.25) is 5.02 Å². The van der Waals surface area contributed by atoms with Gasteiger partial charge in [-0.2, -0.15) is 0 Å². The summed E-state index contributed by atoms with van der Waals surface area (Å²) in [4.78, 5) is 11.7. The molecule has 0 atom stereocenters. The molecule has 0 N–H and O–H groups in total. The summed E-state index contributed by atoms with van der Waals surface area (Å²) >= 11 is 5.80. The van der Waals surface area contributed by atoms with Crippen molar-refractivity contribution < 1.29 is 9.53 Å². The smallest absolute Gasteiger partial charge is 0.311 e. The van der Waals surface area contributed by atoms with Crippen LogP contribution in [0.15, 0.2) is 48.5 Å². The quantitative estimate of drug-likeness (QED) is 0.617. The SMILES string of the molecule is Cc1ccc(OC(=O)CCc2ccc(Cl)cc2)cc1. The third-order valence-corrected chi connectivity index (χ3v) is 3.04. The predicted octanol–water partition coefficient (Wildman–Crippen LogP) is 4.19. The topological polar surface area (TPSA) is 26.3 Å². The molecular weight excluding hydrogens is 260 g/mol. The number of benzene rings is 2. The van der Waals surface area contributed by atoms with Gasteiger partial charge in [-0.3, -0.25) is 4.79 Å². The molecule has 0 aliphatic rings. The van der Waals surface area contributed by atoms with Crippen molar-refractivity contribution in [1.82, 2.24) is 0 Å². The van der Waals surface area contributed by atoms with E-state index >= 15 is 0 Å². The van der Waals surface area contributed by atoms with E-state index in [1.807, 2.05) is 43.3 Å². The second kappa shape index (κ2) is 6.39. The summed E-state index contributed by atoms with van der Waals surface area (Å²) in [5.41, 5.74) is 2.21. The van der Waals surface area contributed by atoms with Gasteiger partial charge in [0, 0.05) is 11.4 Å². The molecular formula is C16H15ClO2. The van der Waals surface area contributed by atoms with Gasteiger partial charge in [-0.15, -0.1) is 0 Å². The number of esters is 1. The van der Waals surface area contributed by atoms with Crippen molar-refractivity contribution in [2.45, 2.75) is 19.8 Å². The molecule has 2 aromatic rings. The van der Waals surface area contributed by atoms with Crippen LogP contribution in [-0.2, 0) is 11.2 Å². The fraction of sp³-hybridized carbons (Fsp3) is 0.188. The third-order valence-electron chi connectivity index (χ3n) is 2.78. The van der Waals surface area contributed by atoms with Gasteiger partial charge in [-0.25, -0.2) is 0 Å². The van der Waals surface area contributed by atoms with Crippen molar-refractivity contribution in [2.24, 2.45) is 0 Å². The average molecular weight is 275 g/mol. The van der Waals surface area contributed by atoms with Crippen LogP contribution in [0.3, 0.4) is 0 Å². The van der Waals surface area contributed by atoms with E-state index in [1.54, 1.807) is 12.1 Å². The zero-order valence-electron chi connectivity index (χ0n) is 10.7. The summed E-state index contributed by atoms with van der Waals surface area (Å²) in [6.07, 6.45) is 1.01. The monoisotopic (exact) mass is 274 g/mol. The normalized spacial score (nSPS) is 10.2. The van der Waals surface area contributed by atoms with Crippen LogP contribution in [-0.4, -0.2) is 5.97 Å². The largest absolute Gasteiger partial charge is 0.427 e. The molecule has 0 heterocycles. The molecule has 0 bridgehead atoms. The van der Waals surface area contributed by atoms with Crippen molar-refractivity contribution >= 4 is 17.6 Å². The average Bonchev–Trinajstić information content (AvgIpc) is 2.41. The number of ether oxygens (including phenoxy) is 1. The summed E-state index contributed by atoms with van der Waals surface area (Å²) in [5.74, 6) is 0.366. The summed E-state index contributed by atoms with van der Waals surface area (Å²) in [5, 5.41) is 0.700. The first-order chi connectivity index (χ1) is 9.13. The fourth-order valence-corrected chi connectivity index (χ4v) is 1.81. The molecule has 0 saturated heterocycles. The minimum atomic E-state index is -0.223. The molecule has 2 nitrogen and oxygen atoms in total. The second-order valence-corrected chi connectivity index (χ2v) is 4.85. The molecule has 98 valence electrons. The molecule has 0 fully saturated rings. The lowest BCUT2D eigenvalue weighted by atomic mass is 10.1. The van der Waals surface area contributed by atoms with Crippen molar-refractivity contribution in [3.05, 3.63) is 64.7 Å². The fourth-order valence-electron chi connectivity index (χ4n) is 1.69. The number of aryl methyl sites for hydroxylation is 2. The van der Waals surface area contributed by atoms with Crippen LogP contribution in [0.25, 0.3) is 0 Å². The Bertz CT molecular complexity index is 544. The van der Waals surface area contributed by atoms with Gasteiger partial charge in [-0.1, -0.05) is 41.4 Å². The minimum absolute atomic E-state index is 0.223. The van der Waals surface area contributed by atoms with E-state index in [9.17, 15) is 4.79 Å². The highest BCUT2D eigenvalue weighted by Gasteiger charge is 2.05. The molecule has 0 aromatic heterocycles. The number of carbonyl (C=O) groups is 1. The Morgan fingerprint density at radius 1 is 1.05 bits per heavy atom. The molecule has 0 saturated carbocycles. The summed E-state index contributed by atoms with van der Waals surface area (Å²) in [6.45, 7) is 1.99. The van der Waals surface area contributed by atoms with Crippen molar-refractivity contribution in [3.63, 3.8) is 0 Å². The Morgan fingerprint density at radius 2 is 1.68 bits per heavy atom. The molecule has 0 aliphatic heterocycles. The third kappa shape index (κ3) is 4.42. The van der Waals surface area contributed by atoms with E-state index in [0.29, 0.717) is 23.6 Å². The first kappa shape index (κ1) is 13.6. The van der Waals surface area contributed by atoms with Gasteiger partial charge in [0.2, 0.25) is 0 Å². The number of halogens is 1. The van der Waals surface area contributed by atoms with Crippen LogP contribution in [0.4, 0.5) is 0 Å². The lowest BCUT2D eigenvalue weighted by Crippen LogP contribution is -2.08. The van der Waals surface area contributed by atoms with Crippen LogP contribution in [0.1, 0.15) is 17.5 Å². The molecule has 3 heteroatoms. The van der Waals surface area contributed by atoms with Gasteiger partial charge >= 0.3 is 5.97 Å². The number of rotatable bonds is 4. The zero-order valence-corrected chi connectivity index (χ0v) is 11.5. The Labute approximate surface area is 118 Å². The van der Waals surface area contributed by atoms with E-state index in [0.717, 1.165) is 11.1 Å². The Balaban J connectivity index is 1.84. The van der Waals surface area contributed by atoms with Gasteiger partial charge < -0.3 is 4.74 Å². The number of hydrogen-bond donors (Lipinski definition) is 0. The highest BCUT2D eigenvalue weighted by atomic mass is 35.5. The van der Waals surface area contributed by atoms with Crippen LogP contribution in [0.5, 0.6) is 5.75 Å². The molecule has 0 amide bonds. The van der Waals surface area contributed by atoms with Gasteiger partial charge in [0.25, 0.3) is 0 Å². The molecule has 0 unspecified atom stereocenters. The number of carbonyl (C=O) groups excluding carboxylic acids is 1. The highest BCUT2D eigenvalue weighted by molar-refractivity contribution is 6.30. The van der Waals surface area contributed by atoms with E-state index < -0.39 is 0 Å². The Hall–Kier alpha value is -1.80. The number of hydrogen-bond acceptors (Lipinski definition) is 2. The van der Waals surface area contributed by atoms with Crippen molar-refractivity contribution in [3.8, 4) is 5.75 Å². The van der Waals surface area contributed by atoms with Gasteiger partial charge in [0.05, 0.1) is 0 Å². The maximum Gasteiger partial charge on any atom is 0.311 e. The van der Waals surface area contributed by atoms with E-state index in [1.165, 1.54) is 0 Å². The summed E-state index contributed by atoms with van der Waals surface area (Å²) in [7, 11) is 0. The molecule has 0 radical (unpaired) electrons. The van der Waals surface area contributed by atoms with E-state index in [-0.39, 0.29) is 5.97 Å². The maximum absolute atomic E-state index is 11.7. The van der Waals surface area contributed by atoms with Crippen molar-refractivity contribution in [1.29, 1.82) is 0 Å². The molecule has 0 aliphatic carbocycles. The summed E-state index contributed by atoms with van der Waals surface area (Å²) < 4.78 is 5.25. The van der Waals surface area contributed by atoms with E-state index in [4.69, 9.17) is 16.3 Å². The predicted molar refractivity (Wildman–Crippen MR) is 76.6 cm³/mol. The zero-order chi connectivity index (χ0) is 13.7. The summed E-state index contributed by atoms with van der Waals surface area (Å²) in [6, 6.07) is 14.9. The molecule has 2 aromatic carbocycles. The maximum atomic E-state index is 11.7. The standard InChI is InChI=1S/C16H15ClO2/c1-12-2-9-15(10-3-12)19-16(18)11-6-13-4-7-14(17)8-5-13/h2-5,7-10H,6,11H2,1H3. The Kier molecular flexibility index (Phi) is 4.58. The van der Waals surface area contributed by atoms with Gasteiger partial charge in [0.1, 0.15) is 5.75 Å². The molecule has 2 rings (SSSR count). The Morgan fingerprint density at radius 3 is 2.32 bits per heavy atom. The van der Waals surface area contributed by atoms with Gasteiger partial charge in [-0.05, 0) is 43.2 Å². The van der Waals surface area contributed by atoms with Crippen LogP contribution < -0.4 is 4.74 Å². The highest BCUT2D eigenvalue weighted by Crippen LogP contribution is 2.14. The van der Waals surface area contributed by atoms with Crippen molar-refractivity contribution in [2.75, 3.05) is 0 Å². The minimum Gasteiger partial charge on any atom is -0.427 e. The second-order valence-electron chi connectivity index (χ2n) is 4.41. The van der Waals surface area contributed by atoms with Crippen LogP contribution in [0, 0.1) is 6.92 Å². The lowest BCUT2D eigenvalue weighted by molar-refractivity contribution is -0.134. The lowest BCUT2D eigenvalue weighted by Gasteiger charge is -2.05. The molecule has 19 heavy (non-hydrogen) atoms. The van der Waals surface area contributed by atoms with Gasteiger partial charge in [0.15, 0.2) is 0 Å². The first-order valence-corrected chi connectivity index (χ1v) is 6.53.